The molecule has 0 saturated carbocycles. The average Bonchev–Trinajstić information content (AvgIpc) is 3.26. The van der Waals surface area contributed by atoms with E-state index in [9.17, 15) is 18.0 Å². The van der Waals surface area contributed by atoms with Crippen molar-refractivity contribution in [3.63, 3.8) is 0 Å². The highest BCUT2D eigenvalue weighted by molar-refractivity contribution is 6.00. The number of hydrogen-bond acceptors (Lipinski definition) is 5. The van der Waals surface area contributed by atoms with Gasteiger partial charge in [0.15, 0.2) is 6.61 Å². The molecule has 10 heteroatoms. The Kier molecular flexibility index (Phi) is 4.91. The Morgan fingerprint density at radius 1 is 1.28 bits per heavy atom. The SMILES string of the molecule is Cn1cc(-c2ccc(CN3Cc4ccnc(OCC(F)F)c4C3=O)c(F)c2)nn1. The van der Waals surface area contributed by atoms with Crippen LogP contribution in [0.4, 0.5) is 13.2 Å². The summed E-state index contributed by atoms with van der Waals surface area (Å²) in [6.07, 6.45) is 0.387. The van der Waals surface area contributed by atoms with E-state index in [0.717, 1.165) is 0 Å². The summed E-state index contributed by atoms with van der Waals surface area (Å²) in [4.78, 5) is 18.0. The molecule has 4 rings (SSSR count). The van der Waals surface area contributed by atoms with Gasteiger partial charge in [-0.05, 0) is 17.7 Å². The number of aryl methyl sites for hydroxylation is 1. The Morgan fingerprint density at radius 2 is 2.10 bits per heavy atom. The molecule has 3 aromatic rings. The van der Waals surface area contributed by atoms with E-state index < -0.39 is 24.8 Å². The summed E-state index contributed by atoms with van der Waals surface area (Å²) in [7, 11) is 1.71. The number of hydrogen-bond donors (Lipinski definition) is 0. The number of amides is 1. The van der Waals surface area contributed by atoms with Crippen molar-refractivity contribution in [3.05, 3.63) is 59.2 Å². The minimum absolute atomic E-state index is 0.0222. The number of carbonyl (C=O) groups is 1. The number of rotatable bonds is 6. The largest absolute Gasteiger partial charge is 0.471 e. The van der Waals surface area contributed by atoms with Gasteiger partial charge in [0, 0.05) is 37.5 Å². The van der Waals surface area contributed by atoms with E-state index in [0.29, 0.717) is 22.4 Å². The predicted molar refractivity (Wildman–Crippen MR) is 95.7 cm³/mol. The topological polar surface area (TPSA) is 73.1 Å². The van der Waals surface area contributed by atoms with Crippen molar-refractivity contribution < 1.29 is 22.7 Å². The van der Waals surface area contributed by atoms with Gasteiger partial charge < -0.3 is 9.64 Å². The third-order valence-electron chi connectivity index (χ3n) is 4.52. The van der Waals surface area contributed by atoms with E-state index >= 15 is 0 Å². The molecule has 0 atom stereocenters. The fraction of sp³-hybridized carbons (Fsp3) is 0.263. The number of halogens is 3. The lowest BCUT2D eigenvalue weighted by Crippen LogP contribution is -2.24. The van der Waals surface area contributed by atoms with Gasteiger partial charge in [-0.25, -0.2) is 18.2 Å². The number of nitrogens with zero attached hydrogens (tertiary/aromatic N) is 5. The van der Waals surface area contributed by atoms with Gasteiger partial charge in [0.05, 0.1) is 6.20 Å². The molecule has 2 aromatic heterocycles. The molecule has 0 radical (unpaired) electrons. The maximum Gasteiger partial charge on any atom is 0.272 e. The molecule has 1 aliphatic rings. The van der Waals surface area contributed by atoms with Gasteiger partial charge >= 0.3 is 0 Å². The Hall–Kier alpha value is -3.43. The van der Waals surface area contributed by atoms with Crippen molar-refractivity contribution in [2.45, 2.75) is 19.5 Å². The van der Waals surface area contributed by atoms with Crippen LogP contribution >= 0.6 is 0 Å². The van der Waals surface area contributed by atoms with E-state index in [2.05, 4.69) is 15.3 Å². The standard InChI is InChI=1S/C19H16F3N5O2/c1-26-9-15(24-25-26)11-2-3-12(14(20)6-11)7-27-8-13-4-5-23-18(17(13)19(27)28)29-10-16(21)22/h2-6,9,16H,7-8,10H2,1H3. The summed E-state index contributed by atoms with van der Waals surface area (Å²) in [5.41, 5.74) is 2.18. The molecule has 0 aliphatic carbocycles. The zero-order valence-electron chi connectivity index (χ0n) is 15.3. The van der Waals surface area contributed by atoms with Gasteiger partial charge in [-0.1, -0.05) is 17.3 Å². The number of fused-ring (bicyclic) bond motifs is 1. The van der Waals surface area contributed by atoms with Crippen LogP contribution in [0.3, 0.4) is 0 Å². The summed E-state index contributed by atoms with van der Waals surface area (Å²) in [6, 6.07) is 6.25. The Morgan fingerprint density at radius 3 is 2.79 bits per heavy atom. The minimum atomic E-state index is -2.68. The molecule has 0 fully saturated rings. The summed E-state index contributed by atoms with van der Waals surface area (Å²) in [5, 5.41) is 7.77. The molecule has 3 heterocycles. The summed E-state index contributed by atoms with van der Waals surface area (Å²) in [5.74, 6) is -1.05. The second kappa shape index (κ2) is 7.53. The van der Waals surface area contributed by atoms with Crippen molar-refractivity contribution in [3.8, 4) is 17.1 Å². The highest BCUT2D eigenvalue weighted by Crippen LogP contribution is 2.31. The molecular formula is C19H16F3N5O2. The van der Waals surface area contributed by atoms with Crippen molar-refractivity contribution in [2.75, 3.05) is 6.61 Å². The molecule has 0 saturated heterocycles. The first-order chi connectivity index (χ1) is 13.9. The predicted octanol–water partition coefficient (Wildman–Crippen LogP) is 2.82. The maximum atomic E-state index is 14.6. The van der Waals surface area contributed by atoms with Gasteiger partial charge in [0.2, 0.25) is 5.88 Å². The zero-order valence-corrected chi connectivity index (χ0v) is 15.3. The number of aromatic nitrogens is 4. The third kappa shape index (κ3) is 3.78. The lowest BCUT2D eigenvalue weighted by molar-refractivity contribution is 0.0718. The van der Waals surface area contributed by atoms with Crippen LogP contribution in [0, 0.1) is 5.82 Å². The van der Waals surface area contributed by atoms with Crippen molar-refractivity contribution in [1.82, 2.24) is 24.9 Å². The summed E-state index contributed by atoms with van der Waals surface area (Å²) >= 11 is 0. The number of benzene rings is 1. The molecule has 0 bridgehead atoms. The number of pyridine rings is 1. The first-order valence-electron chi connectivity index (χ1n) is 8.75. The van der Waals surface area contributed by atoms with Crippen LogP contribution in [0.15, 0.2) is 36.7 Å². The third-order valence-corrected chi connectivity index (χ3v) is 4.52. The molecular weight excluding hydrogens is 387 g/mol. The maximum absolute atomic E-state index is 14.6. The van der Waals surface area contributed by atoms with Gasteiger partial charge in [0.1, 0.15) is 17.1 Å². The zero-order chi connectivity index (χ0) is 20.5. The van der Waals surface area contributed by atoms with Crippen molar-refractivity contribution >= 4 is 5.91 Å². The van der Waals surface area contributed by atoms with Gasteiger partial charge in [0.25, 0.3) is 12.3 Å². The van der Waals surface area contributed by atoms with Crippen LogP contribution < -0.4 is 4.74 Å². The molecule has 1 aromatic carbocycles. The van der Waals surface area contributed by atoms with Crippen molar-refractivity contribution in [1.29, 1.82) is 0 Å². The smallest absolute Gasteiger partial charge is 0.272 e. The van der Waals surface area contributed by atoms with Gasteiger partial charge in [-0.15, -0.1) is 5.10 Å². The second-order valence-electron chi connectivity index (χ2n) is 6.60. The van der Waals surface area contributed by atoms with Crippen LogP contribution in [0.5, 0.6) is 5.88 Å². The first-order valence-corrected chi connectivity index (χ1v) is 8.75. The van der Waals surface area contributed by atoms with E-state index in [1.54, 1.807) is 31.4 Å². The fourth-order valence-electron chi connectivity index (χ4n) is 3.18. The van der Waals surface area contributed by atoms with E-state index in [1.807, 2.05) is 0 Å². The Bertz CT molecular complexity index is 1070. The van der Waals surface area contributed by atoms with Crippen LogP contribution in [-0.2, 0) is 20.1 Å². The van der Waals surface area contributed by atoms with Crippen LogP contribution in [0.25, 0.3) is 11.3 Å². The highest BCUT2D eigenvalue weighted by Gasteiger charge is 2.32. The Balaban J connectivity index is 1.53. The molecule has 0 N–H and O–H groups in total. The summed E-state index contributed by atoms with van der Waals surface area (Å²) in [6.45, 7) is -0.614. The Labute approximate surface area is 163 Å². The number of alkyl halides is 2. The lowest BCUT2D eigenvalue weighted by Gasteiger charge is -2.16. The van der Waals surface area contributed by atoms with Crippen LogP contribution in [0.2, 0.25) is 0 Å². The normalized spacial score (nSPS) is 13.3. The lowest BCUT2D eigenvalue weighted by atomic mass is 10.1. The molecule has 1 aliphatic heterocycles. The fourth-order valence-corrected chi connectivity index (χ4v) is 3.18. The van der Waals surface area contributed by atoms with Gasteiger partial charge in [-0.3, -0.25) is 9.48 Å². The minimum Gasteiger partial charge on any atom is -0.471 e. The highest BCUT2D eigenvalue weighted by atomic mass is 19.3. The number of ether oxygens (including phenoxy) is 1. The molecule has 0 unspecified atom stereocenters. The van der Waals surface area contributed by atoms with Crippen molar-refractivity contribution in [2.24, 2.45) is 7.05 Å². The van der Waals surface area contributed by atoms with Crippen LogP contribution in [-0.4, -0.2) is 43.8 Å². The van der Waals surface area contributed by atoms with E-state index in [4.69, 9.17) is 4.74 Å². The molecule has 1 amide bonds. The monoisotopic (exact) mass is 403 g/mol. The molecule has 150 valence electrons. The van der Waals surface area contributed by atoms with Crippen LogP contribution in [0.1, 0.15) is 21.5 Å². The molecule has 29 heavy (non-hydrogen) atoms. The van der Waals surface area contributed by atoms with E-state index in [1.165, 1.54) is 21.8 Å². The van der Waals surface area contributed by atoms with E-state index in [-0.39, 0.29) is 24.5 Å². The second-order valence-corrected chi connectivity index (χ2v) is 6.60. The summed E-state index contributed by atoms with van der Waals surface area (Å²) < 4.78 is 46.0. The quantitative estimate of drug-likeness (QED) is 0.633. The van der Waals surface area contributed by atoms with Gasteiger partial charge in [-0.2, -0.15) is 0 Å². The first kappa shape index (κ1) is 18.9. The molecule has 7 nitrogen and oxygen atoms in total. The molecule has 0 spiro atoms. The number of carbonyl (C=O) groups excluding carboxylic acids is 1. The average molecular weight is 403 g/mol.